The average molecular weight is 272 g/mol. The van der Waals surface area contributed by atoms with Gasteiger partial charge in [-0.2, -0.15) is 5.26 Å². The van der Waals surface area contributed by atoms with E-state index in [0.717, 1.165) is 19.3 Å². The summed E-state index contributed by atoms with van der Waals surface area (Å²) in [5, 5.41) is 11.9. The summed E-state index contributed by atoms with van der Waals surface area (Å²) in [6.45, 7) is 2.20. The van der Waals surface area contributed by atoms with E-state index in [9.17, 15) is 4.79 Å². The Morgan fingerprint density at radius 1 is 1.15 bits per heavy atom. The van der Waals surface area contributed by atoms with Crippen LogP contribution in [0.4, 0.5) is 0 Å². The summed E-state index contributed by atoms with van der Waals surface area (Å²) in [6.07, 6.45) is 7.89. The van der Waals surface area contributed by atoms with E-state index >= 15 is 0 Å². The Balaban J connectivity index is 2.26. The second-order valence-corrected chi connectivity index (χ2v) is 5.08. The van der Waals surface area contributed by atoms with Crippen molar-refractivity contribution in [3.8, 4) is 6.07 Å². The molecule has 0 spiro atoms. The first kappa shape index (κ1) is 16.2. The van der Waals surface area contributed by atoms with Crippen LogP contribution in [0.2, 0.25) is 0 Å². The molecule has 0 fully saturated rings. The first-order valence-electron chi connectivity index (χ1n) is 7.53. The monoisotopic (exact) mass is 272 g/mol. The Bertz CT molecular complexity index is 422. The number of hydrogen-bond acceptors (Lipinski definition) is 2. The number of carbonyl (C=O) groups is 1. The average Bonchev–Trinajstić information content (AvgIpc) is 2.50. The lowest BCUT2D eigenvalue weighted by Crippen LogP contribution is -2.33. The Hall–Kier alpha value is -1.82. The zero-order chi connectivity index (χ0) is 14.6. The zero-order valence-corrected chi connectivity index (χ0v) is 12.3. The van der Waals surface area contributed by atoms with Crippen molar-refractivity contribution >= 4 is 5.91 Å². The molecule has 108 valence electrons. The van der Waals surface area contributed by atoms with Crippen LogP contribution in [0.15, 0.2) is 30.3 Å². The van der Waals surface area contributed by atoms with Crippen molar-refractivity contribution in [3.63, 3.8) is 0 Å². The Labute approximate surface area is 122 Å². The molecule has 3 nitrogen and oxygen atoms in total. The molecule has 0 aliphatic carbocycles. The number of nitrogens with one attached hydrogen (secondary N) is 1. The largest absolute Gasteiger partial charge is 0.336 e. The topological polar surface area (TPSA) is 52.9 Å². The van der Waals surface area contributed by atoms with Crippen LogP contribution in [0.25, 0.3) is 0 Å². The Kier molecular flexibility index (Phi) is 8.14. The molecule has 1 aromatic rings. The highest BCUT2D eigenvalue weighted by molar-refractivity contribution is 5.94. The standard InChI is InChI=1S/C17H24N2O/c1-2-3-4-5-6-10-13-16(14-18)19-17(20)15-11-8-7-9-12-15/h7-9,11-12,16H,2-6,10,13H2,1H3,(H,19,20). The van der Waals surface area contributed by atoms with Crippen molar-refractivity contribution in [2.45, 2.75) is 57.9 Å². The van der Waals surface area contributed by atoms with Crippen molar-refractivity contribution in [1.29, 1.82) is 5.26 Å². The van der Waals surface area contributed by atoms with Gasteiger partial charge in [-0.1, -0.05) is 63.6 Å². The molecule has 0 aromatic heterocycles. The molecular weight excluding hydrogens is 248 g/mol. The van der Waals surface area contributed by atoms with Gasteiger partial charge >= 0.3 is 0 Å². The maximum Gasteiger partial charge on any atom is 0.252 e. The van der Waals surface area contributed by atoms with E-state index in [2.05, 4.69) is 18.3 Å². The summed E-state index contributed by atoms with van der Waals surface area (Å²) in [5.41, 5.74) is 0.607. The van der Waals surface area contributed by atoms with Gasteiger partial charge in [-0.25, -0.2) is 0 Å². The summed E-state index contributed by atoms with van der Waals surface area (Å²) >= 11 is 0. The molecule has 1 amide bonds. The van der Waals surface area contributed by atoms with Crippen molar-refractivity contribution in [1.82, 2.24) is 5.32 Å². The molecule has 0 aliphatic heterocycles. The highest BCUT2D eigenvalue weighted by atomic mass is 16.1. The van der Waals surface area contributed by atoms with Crippen LogP contribution < -0.4 is 5.32 Å². The molecule has 20 heavy (non-hydrogen) atoms. The molecular formula is C17H24N2O. The van der Waals surface area contributed by atoms with E-state index in [0.29, 0.717) is 5.56 Å². The highest BCUT2D eigenvalue weighted by Gasteiger charge is 2.12. The number of amides is 1. The first-order chi connectivity index (χ1) is 9.77. The summed E-state index contributed by atoms with van der Waals surface area (Å²) in [5.74, 6) is -0.164. The third-order valence-corrected chi connectivity index (χ3v) is 3.34. The van der Waals surface area contributed by atoms with E-state index < -0.39 is 0 Å². The molecule has 0 aliphatic rings. The van der Waals surface area contributed by atoms with E-state index in [4.69, 9.17) is 5.26 Å². The summed E-state index contributed by atoms with van der Waals surface area (Å²) < 4.78 is 0. The molecule has 1 aromatic carbocycles. The minimum absolute atomic E-state index is 0.164. The van der Waals surface area contributed by atoms with Crippen molar-refractivity contribution in [2.24, 2.45) is 0 Å². The number of carbonyl (C=O) groups excluding carboxylic acids is 1. The van der Waals surface area contributed by atoms with Crippen LogP contribution in [0.5, 0.6) is 0 Å². The predicted octanol–water partition coefficient (Wildman–Crippen LogP) is 4.06. The van der Waals surface area contributed by atoms with Gasteiger partial charge in [-0.05, 0) is 18.6 Å². The minimum atomic E-state index is -0.381. The SMILES string of the molecule is CCCCCCCCC(C#N)NC(=O)c1ccccc1. The summed E-state index contributed by atoms with van der Waals surface area (Å²) in [4.78, 5) is 11.9. The van der Waals surface area contributed by atoms with Gasteiger partial charge in [0.2, 0.25) is 0 Å². The molecule has 0 radical (unpaired) electrons. The number of nitriles is 1. The second kappa shape index (κ2) is 10.0. The van der Waals surface area contributed by atoms with Gasteiger partial charge in [0.25, 0.3) is 5.91 Å². The zero-order valence-electron chi connectivity index (χ0n) is 12.3. The molecule has 1 atom stereocenters. The van der Waals surface area contributed by atoms with E-state index in [1.807, 2.05) is 18.2 Å². The maximum atomic E-state index is 11.9. The van der Waals surface area contributed by atoms with Crippen LogP contribution in [-0.4, -0.2) is 11.9 Å². The van der Waals surface area contributed by atoms with Crippen molar-refractivity contribution in [2.75, 3.05) is 0 Å². The third-order valence-electron chi connectivity index (χ3n) is 3.34. The van der Waals surface area contributed by atoms with E-state index in [1.165, 1.54) is 25.7 Å². The predicted molar refractivity (Wildman–Crippen MR) is 81.3 cm³/mol. The van der Waals surface area contributed by atoms with Gasteiger partial charge in [0.1, 0.15) is 6.04 Å². The Morgan fingerprint density at radius 3 is 2.45 bits per heavy atom. The second-order valence-electron chi connectivity index (χ2n) is 5.08. The summed E-state index contributed by atoms with van der Waals surface area (Å²) in [7, 11) is 0. The highest BCUT2D eigenvalue weighted by Crippen LogP contribution is 2.09. The van der Waals surface area contributed by atoms with Crippen LogP contribution in [0.3, 0.4) is 0 Å². The van der Waals surface area contributed by atoms with Gasteiger partial charge in [-0.3, -0.25) is 4.79 Å². The molecule has 0 saturated heterocycles. The molecule has 1 N–H and O–H groups in total. The lowest BCUT2D eigenvalue weighted by atomic mass is 10.1. The molecule has 0 bridgehead atoms. The maximum absolute atomic E-state index is 11.9. The fourth-order valence-corrected chi connectivity index (χ4v) is 2.13. The summed E-state index contributed by atoms with van der Waals surface area (Å²) in [6, 6.07) is 10.8. The third kappa shape index (κ3) is 6.38. The first-order valence-corrected chi connectivity index (χ1v) is 7.53. The number of rotatable bonds is 9. The van der Waals surface area contributed by atoms with Crippen LogP contribution in [0.1, 0.15) is 62.2 Å². The molecule has 1 unspecified atom stereocenters. The van der Waals surface area contributed by atoms with Gasteiger partial charge in [0.15, 0.2) is 0 Å². The van der Waals surface area contributed by atoms with Gasteiger partial charge < -0.3 is 5.32 Å². The lowest BCUT2D eigenvalue weighted by molar-refractivity contribution is 0.0943. The number of hydrogen-bond donors (Lipinski definition) is 1. The van der Waals surface area contributed by atoms with Gasteiger partial charge in [0.05, 0.1) is 6.07 Å². The molecule has 0 saturated carbocycles. The lowest BCUT2D eigenvalue weighted by Gasteiger charge is -2.11. The Morgan fingerprint density at radius 2 is 1.80 bits per heavy atom. The van der Waals surface area contributed by atoms with E-state index in [-0.39, 0.29) is 11.9 Å². The molecule has 1 rings (SSSR count). The fraction of sp³-hybridized carbons (Fsp3) is 0.529. The molecule has 0 heterocycles. The molecule has 3 heteroatoms. The number of unbranched alkanes of at least 4 members (excludes halogenated alkanes) is 5. The van der Waals surface area contributed by atoms with Gasteiger partial charge in [0, 0.05) is 5.56 Å². The normalized spacial score (nSPS) is 11.6. The van der Waals surface area contributed by atoms with Crippen molar-refractivity contribution < 1.29 is 4.79 Å². The van der Waals surface area contributed by atoms with E-state index in [1.54, 1.807) is 12.1 Å². The number of nitrogens with zero attached hydrogens (tertiary/aromatic N) is 1. The smallest absolute Gasteiger partial charge is 0.252 e. The van der Waals surface area contributed by atoms with Gasteiger partial charge in [-0.15, -0.1) is 0 Å². The van der Waals surface area contributed by atoms with Crippen molar-refractivity contribution in [3.05, 3.63) is 35.9 Å². The fourth-order valence-electron chi connectivity index (χ4n) is 2.13. The van der Waals surface area contributed by atoms with Crippen LogP contribution >= 0.6 is 0 Å². The quantitative estimate of drug-likeness (QED) is 0.689. The van der Waals surface area contributed by atoms with Crippen LogP contribution in [0, 0.1) is 11.3 Å². The number of benzene rings is 1. The minimum Gasteiger partial charge on any atom is -0.336 e. The van der Waals surface area contributed by atoms with Crippen LogP contribution in [-0.2, 0) is 0 Å².